The number of nitrogens with one attached hydrogen (secondary N) is 1. The number of amides is 2. The van der Waals surface area contributed by atoms with Gasteiger partial charge in [-0.15, -0.1) is 0 Å². The number of carbonyl (C=O) groups excluding carboxylic acids is 2. The summed E-state index contributed by atoms with van der Waals surface area (Å²) >= 11 is 0. The van der Waals surface area contributed by atoms with Crippen LogP contribution in [0.5, 0.6) is 0 Å². The molecule has 0 saturated heterocycles. The lowest BCUT2D eigenvalue weighted by molar-refractivity contribution is -0.114. The molecule has 24 heavy (non-hydrogen) atoms. The van der Waals surface area contributed by atoms with Gasteiger partial charge in [0.05, 0.1) is 18.1 Å². The van der Waals surface area contributed by atoms with E-state index < -0.39 is 5.91 Å². The summed E-state index contributed by atoms with van der Waals surface area (Å²) in [5.41, 5.74) is 7.60. The lowest BCUT2D eigenvalue weighted by Gasteiger charge is -2.04. The number of anilines is 1. The van der Waals surface area contributed by atoms with E-state index in [9.17, 15) is 9.59 Å². The van der Waals surface area contributed by atoms with Gasteiger partial charge in [-0.05, 0) is 18.4 Å². The number of benzene rings is 1. The Labute approximate surface area is 138 Å². The van der Waals surface area contributed by atoms with Crippen molar-refractivity contribution >= 4 is 23.3 Å². The number of aryl methyl sites for hydroxylation is 2. The summed E-state index contributed by atoms with van der Waals surface area (Å²) < 4.78 is 1.54. The van der Waals surface area contributed by atoms with E-state index >= 15 is 0 Å². The van der Waals surface area contributed by atoms with Crippen molar-refractivity contribution in [3.8, 4) is 0 Å². The smallest absolute Gasteiger partial charge is 0.271 e. The lowest BCUT2D eigenvalue weighted by atomic mass is 10.1. The second-order valence-electron chi connectivity index (χ2n) is 5.37. The molecule has 7 nitrogen and oxygen atoms in total. The Bertz CT molecular complexity index is 902. The van der Waals surface area contributed by atoms with Crippen molar-refractivity contribution in [1.82, 2.24) is 14.4 Å². The van der Waals surface area contributed by atoms with Crippen LogP contribution in [-0.4, -0.2) is 26.2 Å². The molecule has 0 bridgehead atoms. The van der Waals surface area contributed by atoms with Crippen LogP contribution in [0.4, 0.5) is 5.82 Å². The number of fused-ring (bicyclic) bond motifs is 1. The van der Waals surface area contributed by atoms with E-state index in [4.69, 9.17) is 5.73 Å². The second kappa shape index (κ2) is 6.49. The SMILES string of the molecule is CC(=O)Nc1cn2[c]c(CCc3ccccc3)nc2c(C(N)=O)n1. The molecule has 3 aromatic rings. The van der Waals surface area contributed by atoms with Gasteiger partial charge in [0.25, 0.3) is 5.91 Å². The van der Waals surface area contributed by atoms with Crippen LogP contribution in [0.3, 0.4) is 0 Å². The number of hydrogen-bond donors (Lipinski definition) is 2. The predicted octanol–water partition coefficient (Wildman–Crippen LogP) is 1.37. The van der Waals surface area contributed by atoms with Crippen LogP contribution in [0.25, 0.3) is 5.65 Å². The minimum absolute atomic E-state index is 0.00320. The minimum atomic E-state index is -0.708. The van der Waals surface area contributed by atoms with E-state index in [1.165, 1.54) is 12.5 Å². The van der Waals surface area contributed by atoms with Crippen LogP contribution in [0.15, 0.2) is 36.5 Å². The zero-order valence-electron chi connectivity index (χ0n) is 13.1. The molecular weight excluding hydrogens is 306 g/mol. The molecule has 0 spiro atoms. The maximum absolute atomic E-state index is 11.6. The zero-order chi connectivity index (χ0) is 17.1. The van der Waals surface area contributed by atoms with Crippen molar-refractivity contribution in [3.05, 3.63) is 59.7 Å². The number of rotatable bonds is 5. The fourth-order valence-electron chi connectivity index (χ4n) is 2.41. The van der Waals surface area contributed by atoms with Crippen molar-refractivity contribution in [2.75, 3.05) is 5.32 Å². The highest BCUT2D eigenvalue weighted by atomic mass is 16.2. The van der Waals surface area contributed by atoms with Crippen molar-refractivity contribution in [2.45, 2.75) is 19.8 Å². The summed E-state index contributed by atoms with van der Waals surface area (Å²) in [6.45, 7) is 1.36. The summed E-state index contributed by atoms with van der Waals surface area (Å²) in [5.74, 6) is -0.769. The maximum Gasteiger partial charge on any atom is 0.271 e. The molecule has 7 heteroatoms. The monoisotopic (exact) mass is 322 g/mol. The first-order valence-corrected chi connectivity index (χ1v) is 7.45. The van der Waals surface area contributed by atoms with Gasteiger partial charge >= 0.3 is 0 Å². The van der Waals surface area contributed by atoms with Crippen molar-refractivity contribution in [1.29, 1.82) is 0 Å². The van der Waals surface area contributed by atoms with Gasteiger partial charge in [0, 0.05) is 6.92 Å². The van der Waals surface area contributed by atoms with Crippen LogP contribution >= 0.6 is 0 Å². The van der Waals surface area contributed by atoms with Gasteiger partial charge in [-0.3, -0.25) is 14.0 Å². The molecule has 2 aromatic heterocycles. The molecule has 0 saturated carbocycles. The number of imidazole rings is 1. The third-order valence-corrected chi connectivity index (χ3v) is 3.44. The average molecular weight is 322 g/mol. The Hall–Kier alpha value is -3.22. The predicted molar refractivity (Wildman–Crippen MR) is 88.5 cm³/mol. The molecule has 1 aromatic carbocycles. The Morgan fingerprint density at radius 3 is 2.62 bits per heavy atom. The number of nitrogens with two attached hydrogens (primary N) is 1. The van der Waals surface area contributed by atoms with Crippen LogP contribution in [0.1, 0.15) is 28.7 Å². The van der Waals surface area contributed by atoms with Gasteiger partial charge in [-0.1, -0.05) is 30.3 Å². The summed E-state index contributed by atoms with van der Waals surface area (Å²) in [6, 6.07) is 10.0. The first-order valence-electron chi connectivity index (χ1n) is 7.45. The molecule has 2 heterocycles. The molecule has 0 aliphatic rings. The van der Waals surface area contributed by atoms with Crippen molar-refractivity contribution in [2.24, 2.45) is 5.73 Å². The summed E-state index contributed by atoms with van der Waals surface area (Å²) in [6.07, 6.45) is 6.11. The summed E-state index contributed by atoms with van der Waals surface area (Å²) in [4.78, 5) is 31.3. The molecule has 0 aliphatic heterocycles. The third kappa shape index (κ3) is 3.40. The third-order valence-electron chi connectivity index (χ3n) is 3.44. The van der Waals surface area contributed by atoms with Crippen molar-refractivity contribution < 1.29 is 9.59 Å². The number of primary amides is 1. The normalized spacial score (nSPS) is 10.7. The van der Waals surface area contributed by atoms with Gasteiger partial charge in [0.2, 0.25) is 5.91 Å². The van der Waals surface area contributed by atoms with E-state index in [1.54, 1.807) is 10.6 Å². The second-order valence-corrected chi connectivity index (χ2v) is 5.37. The van der Waals surface area contributed by atoms with E-state index in [-0.39, 0.29) is 17.4 Å². The topological polar surface area (TPSA) is 102 Å². The van der Waals surface area contributed by atoms with Crippen LogP contribution < -0.4 is 11.1 Å². The number of hydrogen-bond acceptors (Lipinski definition) is 4. The first-order chi connectivity index (χ1) is 11.5. The Morgan fingerprint density at radius 1 is 1.21 bits per heavy atom. The standard InChI is InChI=1S/C17H16N5O2/c1-11(23)19-14-10-22-9-13(8-7-12-5-3-2-4-6-12)20-17(22)15(21-14)16(18)24/h2-6,10H,7-8H2,1H3,(H2,18,24)(H,19,23). The van der Waals surface area contributed by atoms with Gasteiger partial charge in [-0.2, -0.15) is 0 Å². The van der Waals surface area contributed by atoms with Crippen LogP contribution in [0, 0.1) is 6.20 Å². The van der Waals surface area contributed by atoms with E-state index in [2.05, 4.69) is 21.5 Å². The lowest BCUT2D eigenvalue weighted by Crippen LogP contribution is -2.17. The molecule has 0 atom stereocenters. The summed E-state index contributed by atoms with van der Waals surface area (Å²) in [7, 11) is 0. The van der Waals surface area contributed by atoms with E-state index in [1.807, 2.05) is 30.3 Å². The van der Waals surface area contributed by atoms with Gasteiger partial charge in [-0.25, -0.2) is 9.97 Å². The van der Waals surface area contributed by atoms with E-state index in [0.717, 1.165) is 6.42 Å². The maximum atomic E-state index is 11.6. The first kappa shape index (κ1) is 15.7. The molecule has 3 rings (SSSR count). The Kier molecular flexibility index (Phi) is 4.24. The number of nitrogens with zero attached hydrogens (tertiary/aromatic N) is 3. The largest absolute Gasteiger partial charge is 0.364 e. The Morgan fingerprint density at radius 2 is 1.96 bits per heavy atom. The molecule has 0 aliphatic carbocycles. The highest BCUT2D eigenvalue weighted by Gasteiger charge is 2.15. The van der Waals surface area contributed by atoms with Crippen molar-refractivity contribution in [3.63, 3.8) is 0 Å². The minimum Gasteiger partial charge on any atom is -0.364 e. The molecule has 0 fully saturated rings. The zero-order valence-corrected chi connectivity index (χ0v) is 13.1. The number of aromatic nitrogens is 3. The quantitative estimate of drug-likeness (QED) is 0.740. The molecular formula is C17H16N5O2. The van der Waals surface area contributed by atoms with Gasteiger partial charge < -0.3 is 11.1 Å². The molecule has 0 unspecified atom stereocenters. The van der Waals surface area contributed by atoms with Gasteiger partial charge in [0.1, 0.15) is 5.82 Å². The highest BCUT2D eigenvalue weighted by molar-refractivity contribution is 5.97. The van der Waals surface area contributed by atoms with Crippen LogP contribution in [-0.2, 0) is 17.6 Å². The Balaban J connectivity index is 1.92. The highest BCUT2D eigenvalue weighted by Crippen LogP contribution is 2.14. The molecule has 2 amide bonds. The fraction of sp³-hybridized carbons (Fsp3) is 0.176. The fourth-order valence-corrected chi connectivity index (χ4v) is 2.41. The van der Waals surface area contributed by atoms with E-state index in [0.29, 0.717) is 17.8 Å². The molecule has 1 radical (unpaired) electrons. The number of carbonyl (C=O) groups is 2. The average Bonchev–Trinajstić information content (AvgIpc) is 2.95. The molecule has 121 valence electrons. The summed E-state index contributed by atoms with van der Waals surface area (Å²) in [5, 5.41) is 2.53. The van der Waals surface area contributed by atoms with Gasteiger partial charge in [0.15, 0.2) is 11.3 Å². The van der Waals surface area contributed by atoms with Crippen LogP contribution in [0.2, 0.25) is 0 Å². The molecule has 3 N–H and O–H groups in total.